The zero-order valence-corrected chi connectivity index (χ0v) is 27.8. The molecule has 2 unspecified atom stereocenters. The van der Waals surface area contributed by atoms with E-state index in [9.17, 15) is 0 Å². The van der Waals surface area contributed by atoms with E-state index in [-0.39, 0.29) is 12.1 Å². The molecule has 4 heteroatoms. The molecule has 2 rings (SSSR count). The topological polar surface area (TPSA) is 6.48 Å². The van der Waals surface area contributed by atoms with E-state index in [4.69, 9.17) is 0 Å². The van der Waals surface area contributed by atoms with Crippen LogP contribution in [0.1, 0.15) is 91.2 Å². The molecule has 2 atom stereocenters. The van der Waals surface area contributed by atoms with Crippen LogP contribution in [0.2, 0.25) is 0 Å². The highest BCUT2D eigenvalue weighted by molar-refractivity contribution is 9.10. The first-order valence-corrected chi connectivity index (χ1v) is 16.3. The average molecular weight is 647 g/mol. The molecule has 0 aliphatic heterocycles. The lowest BCUT2D eigenvalue weighted by Crippen LogP contribution is -2.38. The molecule has 0 heterocycles. The van der Waals surface area contributed by atoms with Crippen molar-refractivity contribution >= 4 is 31.9 Å². The fourth-order valence-corrected chi connectivity index (χ4v) is 5.61. The lowest BCUT2D eigenvalue weighted by Gasteiger charge is -2.32. The third kappa shape index (κ3) is 12.0. The molecule has 0 amide bonds. The Bertz CT molecular complexity index is 914. The van der Waals surface area contributed by atoms with Gasteiger partial charge in [-0.1, -0.05) is 134 Å². The van der Waals surface area contributed by atoms with Crippen molar-refractivity contribution in [2.24, 2.45) is 11.8 Å². The van der Waals surface area contributed by atoms with Crippen LogP contribution < -0.4 is 0 Å². The van der Waals surface area contributed by atoms with Crippen LogP contribution in [-0.4, -0.2) is 35.0 Å². The summed E-state index contributed by atoms with van der Waals surface area (Å²) in [5.74, 6) is 8.93. The van der Waals surface area contributed by atoms with Crippen molar-refractivity contribution in [2.45, 2.75) is 105 Å². The van der Waals surface area contributed by atoms with Gasteiger partial charge in [0.15, 0.2) is 0 Å². The Balaban J connectivity index is 2.42. The monoisotopic (exact) mass is 644 g/mol. The molecule has 0 aliphatic carbocycles. The van der Waals surface area contributed by atoms with Gasteiger partial charge in [-0.25, -0.2) is 0 Å². The molecule has 0 bridgehead atoms. The summed E-state index contributed by atoms with van der Waals surface area (Å²) in [5, 5.41) is 0. The number of nitrogens with zero attached hydrogens (tertiary/aromatic N) is 2. The van der Waals surface area contributed by atoms with E-state index < -0.39 is 0 Å². The van der Waals surface area contributed by atoms with Gasteiger partial charge in [-0.3, -0.25) is 9.80 Å². The van der Waals surface area contributed by atoms with Gasteiger partial charge in [0.2, 0.25) is 0 Å². The van der Waals surface area contributed by atoms with Gasteiger partial charge >= 0.3 is 0 Å². The number of rotatable bonds is 16. The Hall–Kier alpha value is -1.12. The van der Waals surface area contributed by atoms with Crippen molar-refractivity contribution in [3.8, 4) is 11.8 Å². The molecule has 2 aromatic carbocycles. The molecule has 0 saturated carbocycles. The molecule has 0 saturated heterocycles. The van der Waals surface area contributed by atoms with Gasteiger partial charge in [0.1, 0.15) is 0 Å². The van der Waals surface area contributed by atoms with Gasteiger partial charge in [0.05, 0.1) is 12.1 Å². The zero-order valence-electron chi connectivity index (χ0n) is 24.6. The Morgan fingerprint density at radius 1 is 0.632 bits per heavy atom. The van der Waals surface area contributed by atoms with E-state index in [1.807, 2.05) is 0 Å². The smallest absolute Gasteiger partial charge is 0.0720 e. The van der Waals surface area contributed by atoms with Crippen molar-refractivity contribution < 1.29 is 0 Å². The highest BCUT2D eigenvalue weighted by Gasteiger charge is 2.22. The van der Waals surface area contributed by atoms with Crippen molar-refractivity contribution in [1.82, 2.24) is 9.80 Å². The van der Waals surface area contributed by atoms with E-state index in [0.717, 1.165) is 39.0 Å². The van der Waals surface area contributed by atoms with Crippen LogP contribution in [0.5, 0.6) is 0 Å². The van der Waals surface area contributed by atoms with Gasteiger partial charge in [-0.05, 0) is 73.9 Å². The highest BCUT2D eigenvalue weighted by Crippen LogP contribution is 2.24. The summed E-state index contributed by atoms with van der Waals surface area (Å²) in [6.07, 6.45) is 6.97. The van der Waals surface area contributed by atoms with E-state index >= 15 is 0 Å². The largest absolute Gasteiger partial charge is 0.285 e. The van der Waals surface area contributed by atoms with E-state index in [0.29, 0.717) is 11.8 Å². The number of unbranched alkanes of at least 4 members (excludes halogenated alkanes) is 2. The summed E-state index contributed by atoms with van der Waals surface area (Å²) in [5.41, 5.74) is 2.69. The molecular weight excluding hydrogens is 596 g/mol. The standard InChI is InChI=1S/C34H50Br2N2/c1-7-9-21-37(25-29-15-11-13-17-33(29)35)31(23-27(3)4)19-20-32(24-28(5)6)38(22-10-8-2)26-30-16-12-14-18-34(30)36/h11-18,27-28,31-32H,7-10,21-26H2,1-6H3. The molecule has 2 nitrogen and oxygen atoms in total. The maximum absolute atomic E-state index is 3.87. The molecule has 0 spiro atoms. The molecule has 0 aliphatic rings. The van der Waals surface area contributed by atoms with Crippen LogP contribution in [-0.2, 0) is 13.1 Å². The van der Waals surface area contributed by atoms with Gasteiger partial charge in [0, 0.05) is 22.0 Å². The summed E-state index contributed by atoms with van der Waals surface area (Å²) in [4.78, 5) is 5.26. The summed E-state index contributed by atoms with van der Waals surface area (Å²) >= 11 is 7.58. The second kappa shape index (κ2) is 18.3. The minimum absolute atomic E-state index is 0.250. The normalized spacial score (nSPS) is 13.3. The van der Waals surface area contributed by atoms with Crippen LogP contribution in [0.4, 0.5) is 0 Å². The summed E-state index contributed by atoms with van der Waals surface area (Å²) < 4.78 is 2.38. The highest BCUT2D eigenvalue weighted by atomic mass is 79.9. The first-order chi connectivity index (χ1) is 18.2. The Morgan fingerprint density at radius 3 is 1.32 bits per heavy atom. The van der Waals surface area contributed by atoms with Gasteiger partial charge < -0.3 is 0 Å². The SMILES string of the molecule is CCCCN(Cc1ccccc1Br)C(C#CC(CC(C)C)N(CCCC)Cc1ccccc1Br)CC(C)C. The number of hydrogen-bond donors (Lipinski definition) is 0. The minimum atomic E-state index is 0.250. The lowest BCUT2D eigenvalue weighted by atomic mass is 9.98. The first-order valence-electron chi connectivity index (χ1n) is 14.7. The van der Waals surface area contributed by atoms with Crippen LogP contribution in [0.3, 0.4) is 0 Å². The molecular formula is C34H50Br2N2. The maximum atomic E-state index is 3.87. The fraction of sp³-hybridized carbons (Fsp3) is 0.588. The molecule has 38 heavy (non-hydrogen) atoms. The van der Waals surface area contributed by atoms with Crippen molar-refractivity contribution in [1.29, 1.82) is 0 Å². The molecule has 0 N–H and O–H groups in total. The van der Waals surface area contributed by atoms with Crippen LogP contribution in [0.25, 0.3) is 0 Å². The predicted molar refractivity (Wildman–Crippen MR) is 173 cm³/mol. The van der Waals surface area contributed by atoms with E-state index in [1.54, 1.807) is 0 Å². The predicted octanol–water partition coefficient (Wildman–Crippen LogP) is 9.95. The van der Waals surface area contributed by atoms with Crippen molar-refractivity contribution in [2.75, 3.05) is 13.1 Å². The number of hydrogen-bond acceptors (Lipinski definition) is 2. The molecule has 2 aromatic rings. The number of halogens is 2. The Labute approximate surface area is 251 Å². The van der Waals surface area contributed by atoms with E-state index in [2.05, 4.69) is 144 Å². The van der Waals surface area contributed by atoms with E-state index in [1.165, 1.54) is 45.8 Å². The fourth-order valence-electron chi connectivity index (χ4n) is 4.79. The van der Waals surface area contributed by atoms with Gasteiger partial charge in [-0.2, -0.15) is 0 Å². The van der Waals surface area contributed by atoms with Gasteiger partial charge in [0.25, 0.3) is 0 Å². The third-order valence-corrected chi connectivity index (χ3v) is 8.49. The molecule has 0 aromatic heterocycles. The van der Waals surface area contributed by atoms with Crippen molar-refractivity contribution in [3.63, 3.8) is 0 Å². The Morgan fingerprint density at radius 2 is 1.00 bits per heavy atom. The second-order valence-corrected chi connectivity index (χ2v) is 13.1. The summed E-state index contributed by atoms with van der Waals surface area (Å²) in [6, 6.07) is 17.8. The summed E-state index contributed by atoms with van der Waals surface area (Å²) in [6.45, 7) is 17.9. The molecule has 210 valence electrons. The number of benzene rings is 2. The van der Waals surface area contributed by atoms with Crippen LogP contribution >= 0.6 is 31.9 Å². The molecule has 0 radical (unpaired) electrons. The molecule has 0 fully saturated rings. The maximum Gasteiger partial charge on any atom is 0.0720 e. The summed E-state index contributed by atoms with van der Waals surface area (Å²) in [7, 11) is 0. The van der Waals surface area contributed by atoms with Crippen molar-refractivity contribution in [3.05, 3.63) is 68.6 Å². The first kappa shape index (κ1) is 33.1. The lowest BCUT2D eigenvalue weighted by molar-refractivity contribution is 0.194. The zero-order chi connectivity index (χ0) is 27.9. The van der Waals surface area contributed by atoms with Crippen LogP contribution in [0.15, 0.2) is 57.5 Å². The quantitative estimate of drug-likeness (QED) is 0.168. The van der Waals surface area contributed by atoms with Crippen LogP contribution in [0, 0.1) is 23.7 Å². The van der Waals surface area contributed by atoms with Gasteiger partial charge in [-0.15, -0.1) is 0 Å². The minimum Gasteiger partial charge on any atom is -0.285 e. The Kier molecular flexibility index (Phi) is 15.9. The second-order valence-electron chi connectivity index (χ2n) is 11.4. The third-order valence-electron chi connectivity index (χ3n) is 6.95. The average Bonchev–Trinajstić information content (AvgIpc) is 2.87.